The van der Waals surface area contributed by atoms with Gasteiger partial charge in [-0.15, -0.1) is 11.3 Å². The molecule has 146 valence electrons. The fourth-order valence-corrected chi connectivity index (χ4v) is 3.63. The van der Waals surface area contributed by atoms with Gasteiger partial charge in [0.15, 0.2) is 5.13 Å². The number of hydrogen-bond acceptors (Lipinski definition) is 7. The number of hydrogen-bond donors (Lipinski definition) is 2. The molecule has 2 N–H and O–H groups in total. The fourth-order valence-electron chi connectivity index (χ4n) is 2.89. The van der Waals surface area contributed by atoms with Gasteiger partial charge in [-0.2, -0.15) is 0 Å². The Hall–Kier alpha value is -3.59. The van der Waals surface area contributed by atoms with Gasteiger partial charge in [-0.05, 0) is 24.3 Å². The molecule has 3 aromatic rings. The maximum atomic E-state index is 12.1. The number of thiazole rings is 1. The van der Waals surface area contributed by atoms with E-state index < -0.39 is 5.91 Å². The Labute approximate surface area is 170 Å². The number of benzene rings is 1. The molecule has 0 spiro atoms. The molecule has 1 aliphatic rings. The highest BCUT2D eigenvalue weighted by atomic mass is 32.1. The molecule has 9 heteroatoms. The third kappa shape index (κ3) is 4.46. The van der Waals surface area contributed by atoms with Crippen LogP contribution in [0.15, 0.2) is 54.2 Å². The van der Waals surface area contributed by atoms with E-state index in [1.807, 2.05) is 29.6 Å². The molecule has 0 unspecified atom stereocenters. The number of carbonyl (C=O) groups is 3. The van der Waals surface area contributed by atoms with Crippen molar-refractivity contribution in [2.24, 2.45) is 0 Å². The van der Waals surface area contributed by atoms with Crippen LogP contribution in [0.25, 0.3) is 11.3 Å². The molecular weight excluding hydrogens is 390 g/mol. The van der Waals surface area contributed by atoms with Crippen LogP contribution in [0.3, 0.4) is 0 Å². The molecule has 0 bridgehead atoms. The summed E-state index contributed by atoms with van der Waals surface area (Å²) >= 11 is 1.48. The van der Waals surface area contributed by atoms with Crippen LogP contribution in [0.1, 0.15) is 12.8 Å². The van der Waals surface area contributed by atoms with E-state index in [9.17, 15) is 14.4 Å². The molecule has 4 rings (SSSR count). The predicted molar refractivity (Wildman–Crippen MR) is 110 cm³/mol. The Kier molecular flexibility index (Phi) is 5.30. The highest BCUT2D eigenvalue weighted by Gasteiger charge is 2.30. The second-order valence-electron chi connectivity index (χ2n) is 6.40. The quantitative estimate of drug-likeness (QED) is 0.609. The number of anilines is 3. The molecule has 1 fully saturated rings. The van der Waals surface area contributed by atoms with Crippen LogP contribution in [0.4, 0.5) is 16.5 Å². The highest BCUT2D eigenvalue weighted by Crippen LogP contribution is 2.27. The first-order valence-electron chi connectivity index (χ1n) is 8.94. The summed E-state index contributed by atoms with van der Waals surface area (Å²) in [6.45, 7) is -0.255. The van der Waals surface area contributed by atoms with E-state index in [4.69, 9.17) is 0 Å². The van der Waals surface area contributed by atoms with Crippen molar-refractivity contribution in [2.45, 2.75) is 12.8 Å². The maximum absolute atomic E-state index is 12.1. The lowest BCUT2D eigenvalue weighted by Gasteiger charge is -2.13. The van der Waals surface area contributed by atoms with Crippen LogP contribution >= 0.6 is 11.3 Å². The highest BCUT2D eigenvalue weighted by molar-refractivity contribution is 7.14. The van der Waals surface area contributed by atoms with Gasteiger partial charge in [-0.25, -0.2) is 4.98 Å². The molecule has 29 heavy (non-hydrogen) atoms. The van der Waals surface area contributed by atoms with Crippen molar-refractivity contribution in [1.82, 2.24) is 14.9 Å². The molecule has 2 aromatic heterocycles. The normalized spacial score (nSPS) is 13.6. The minimum Gasteiger partial charge on any atom is -0.330 e. The van der Waals surface area contributed by atoms with Crippen molar-refractivity contribution in [2.75, 3.05) is 17.2 Å². The van der Waals surface area contributed by atoms with Gasteiger partial charge >= 0.3 is 0 Å². The topological polar surface area (TPSA) is 104 Å². The van der Waals surface area contributed by atoms with Crippen LogP contribution in [-0.2, 0) is 14.4 Å². The Morgan fingerprint density at radius 3 is 2.52 bits per heavy atom. The van der Waals surface area contributed by atoms with E-state index in [1.54, 1.807) is 24.5 Å². The number of likely N-dealkylation sites (tertiary alicyclic amines) is 1. The van der Waals surface area contributed by atoms with E-state index >= 15 is 0 Å². The van der Waals surface area contributed by atoms with E-state index in [0.29, 0.717) is 5.69 Å². The maximum Gasteiger partial charge on any atom is 0.244 e. The fraction of sp³-hybridized carbons (Fsp3) is 0.150. The number of imide groups is 1. The average molecular weight is 407 g/mol. The van der Waals surface area contributed by atoms with E-state index in [2.05, 4.69) is 20.6 Å². The lowest BCUT2D eigenvalue weighted by atomic mass is 10.1. The number of rotatable bonds is 6. The lowest BCUT2D eigenvalue weighted by Crippen LogP contribution is -2.36. The standard InChI is InChI=1S/C20H17N5O3S/c26-17(11-25-18(27)7-8-19(25)28)22-14-5-3-13(4-6-14)16-12-29-20(24-16)23-15-2-1-9-21-10-15/h1-6,9-10,12H,7-8,11H2,(H,22,26)(H,23,24). The largest absolute Gasteiger partial charge is 0.330 e. The zero-order valence-corrected chi connectivity index (χ0v) is 16.1. The summed E-state index contributed by atoms with van der Waals surface area (Å²) in [5, 5.41) is 8.60. The monoisotopic (exact) mass is 407 g/mol. The summed E-state index contributed by atoms with van der Waals surface area (Å²) in [5.41, 5.74) is 3.17. The first-order chi connectivity index (χ1) is 14.1. The van der Waals surface area contributed by atoms with Crippen molar-refractivity contribution >= 4 is 45.6 Å². The second kappa shape index (κ2) is 8.19. The molecule has 1 saturated heterocycles. The van der Waals surface area contributed by atoms with Gasteiger partial charge in [0.2, 0.25) is 17.7 Å². The van der Waals surface area contributed by atoms with Crippen molar-refractivity contribution in [3.05, 3.63) is 54.2 Å². The van der Waals surface area contributed by atoms with Crippen LogP contribution < -0.4 is 10.6 Å². The van der Waals surface area contributed by atoms with Gasteiger partial charge in [0.1, 0.15) is 6.54 Å². The van der Waals surface area contributed by atoms with Gasteiger partial charge in [0, 0.05) is 35.7 Å². The number of aromatic nitrogens is 2. The van der Waals surface area contributed by atoms with Crippen LogP contribution in [0.5, 0.6) is 0 Å². The van der Waals surface area contributed by atoms with E-state index in [0.717, 1.165) is 27.0 Å². The Bertz CT molecular complexity index is 1030. The summed E-state index contributed by atoms with van der Waals surface area (Å²) in [6.07, 6.45) is 3.78. The molecule has 1 aromatic carbocycles. The van der Waals surface area contributed by atoms with Gasteiger partial charge in [0.05, 0.1) is 17.6 Å². The Morgan fingerprint density at radius 1 is 1.07 bits per heavy atom. The molecule has 3 amide bonds. The number of nitrogens with zero attached hydrogens (tertiary/aromatic N) is 3. The van der Waals surface area contributed by atoms with Gasteiger partial charge in [-0.3, -0.25) is 24.3 Å². The van der Waals surface area contributed by atoms with E-state index in [1.165, 1.54) is 11.3 Å². The molecule has 0 atom stereocenters. The minimum absolute atomic E-state index is 0.173. The summed E-state index contributed by atoms with van der Waals surface area (Å²) in [5.74, 6) is -1.02. The van der Waals surface area contributed by atoms with Crippen molar-refractivity contribution in [3.63, 3.8) is 0 Å². The van der Waals surface area contributed by atoms with Gasteiger partial charge in [0.25, 0.3) is 0 Å². The SMILES string of the molecule is O=C(CN1C(=O)CCC1=O)Nc1ccc(-c2csc(Nc3cccnc3)n2)cc1. The summed E-state index contributed by atoms with van der Waals surface area (Å²) in [6, 6.07) is 11.0. The zero-order valence-electron chi connectivity index (χ0n) is 15.3. The summed E-state index contributed by atoms with van der Waals surface area (Å²) in [7, 11) is 0. The number of pyridine rings is 1. The molecule has 0 aliphatic carbocycles. The molecular formula is C20H17N5O3S. The average Bonchev–Trinajstić information content (AvgIpc) is 3.31. The van der Waals surface area contributed by atoms with Crippen molar-refractivity contribution in [3.8, 4) is 11.3 Å². The Balaban J connectivity index is 1.37. The van der Waals surface area contributed by atoms with E-state index in [-0.39, 0.29) is 31.2 Å². The van der Waals surface area contributed by atoms with Crippen LogP contribution in [-0.4, -0.2) is 39.1 Å². The molecule has 1 aliphatic heterocycles. The first-order valence-corrected chi connectivity index (χ1v) is 9.82. The van der Waals surface area contributed by atoms with Crippen LogP contribution in [0, 0.1) is 0 Å². The van der Waals surface area contributed by atoms with Gasteiger partial charge in [-0.1, -0.05) is 12.1 Å². The third-order valence-electron chi connectivity index (χ3n) is 4.34. The summed E-state index contributed by atoms with van der Waals surface area (Å²) in [4.78, 5) is 44.9. The molecule has 3 heterocycles. The summed E-state index contributed by atoms with van der Waals surface area (Å²) < 4.78 is 0. The lowest BCUT2D eigenvalue weighted by molar-refractivity contribution is -0.141. The van der Waals surface area contributed by atoms with Crippen LogP contribution in [0.2, 0.25) is 0 Å². The third-order valence-corrected chi connectivity index (χ3v) is 5.10. The first kappa shape index (κ1) is 18.8. The number of amides is 3. The minimum atomic E-state index is -0.405. The molecule has 0 radical (unpaired) electrons. The Morgan fingerprint density at radius 2 is 1.83 bits per heavy atom. The number of carbonyl (C=O) groups excluding carboxylic acids is 3. The second-order valence-corrected chi connectivity index (χ2v) is 7.26. The predicted octanol–water partition coefficient (Wildman–Crippen LogP) is 3.04. The number of nitrogens with one attached hydrogen (secondary N) is 2. The molecule has 8 nitrogen and oxygen atoms in total. The van der Waals surface area contributed by atoms with Crippen molar-refractivity contribution < 1.29 is 14.4 Å². The van der Waals surface area contributed by atoms with Crippen molar-refractivity contribution in [1.29, 1.82) is 0 Å². The zero-order chi connectivity index (χ0) is 20.2. The smallest absolute Gasteiger partial charge is 0.244 e. The molecule has 0 saturated carbocycles. The van der Waals surface area contributed by atoms with Gasteiger partial charge < -0.3 is 10.6 Å².